The summed E-state index contributed by atoms with van der Waals surface area (Å²) in [7, 11) is 0. The second-order valence-electron chi connectivity index (χ2n) is 8.03. The molecule has 1 saturated carbocycles. The molecular weight excluding hydrogens is 400 g/mol. The number of amides is 2. The van der Waals surface area contributed by atoms with Crippen molar-refractivity contribution in [2.45, 2.75) is 43.7 Å². The number of alkyl carbamates (subject to hydrolysis) is 1. The summed E-state index contributed by atoms with van der Waals surface area (Å²) in [6.07, 6.45) is -0.469. The molecule has 2 aromatic rings. The molecule has 2 aromatic carbocycles. The smallest absolute Gasteiger partial charge is 0.407 e. The average molecular weight is 424 g/mol. The summed E-state index contributed by atoms with van der Waals surface area (Å²) < 4.78 is 5.54. The summed E-state index contributed by atoms with van der Waals surface area (Å²) in [5.74, 6) is -1.72. The van der Waals surface area contributed by atoms with Gasteiger partial charge in [-0.3, -0.25) is 9.63 Å². The lowest BCUT2D eigenvalue weighted by molar-refractivity contribution is -0.158. The first-order chi connectivity index (χ1) is 14.9. The summed E-state index contributed by atoms with van der Waals surface area (Å²) in [4.78, 5) is 40.0. The molecule has 31 heavy (non-hydrogen) atoms. The largest absolute Gasteiger partial charge is 0.479 e. The Morgan fingerprint density at radius 2 is 1.65 bits per heavy atom. The van der Waals surface area contributed by atoms with E-state index in [1.54, 1.807) is 0 Å². The molecule has 0 heterocycles. The zero-order chi connectivity index (χ0) is 22.0. The van der Waals surface area contributed by atoms with E-state index in [4.69, 9.17) is 14.7 Å². The van der Waals surface area contributed by atoms with Crippen LogP contribution in [0.3, 0.4) is 0 Å². The molecular formula is C23H24N2O6. The minimum atomic E-state index is -1.18. The number of hydrogen-bond acceptors (Lipinski definition) is 5. The Morgan fingerprint density at radius 1 is 1.06 bits per heavy atom. The highest BCUT2D eigenvalue weighted by atomic mass is 16.7. The Hall–Kier alpha value is -3.39. The Morgan fingerprint density at radius 3 is 2.19 bits per heavy atom. The van der Waals surface area contributed by atoms with Crippen molar-refractivity contribution in [3.05, 3.63) is 59.7 Å². The van der Waals surface area contributed by atoms with Crippen molar-refractivity contribution in [1.29, 1.82) is 0 Å². The summed E-state index contributed by atoms with van der Waals surface area (Å²) in [6, 6.07) is 16.2. The molecule has 162 valence electrons. The van der Waals surface area contributed by atoms with E-state index in [-0.39, 0.29) is 18.9 Å². The predicted molar refractivity (Wildman–Crippen MR) is 111 cm³/mol. The van der Waals surface area contributed by atoms with Crippen LogP contribution in [0.5, 0.6) is 0 Å². The second kappa shape index (κ2) is 8.39. The Balaban J connectivity index is 1.32. The van der Waals surface area contributed by atoms with Crippen LogP contribution in [0.2, 0.25) is 0 Å². The third-order valence-electron chi connectivity index (χ3n) is 5.76. The maximum atomic E-state index is 12.4. The average Bonchev–Trinajstić information content (AvgIpc) is 3.42. The van der Waals surface area contributed by atoms with Crippen molar-refractivity contribution in [3.63, 3.8) is 0 Å². The maximum Gasteiger partial charge on any atom is 0.407 e. The fourth-order valence-electron chi connectivity index (χ4n) is 3.90. The molecule has 2 aliphatic rings. The van der Waals surface area contributed by atoms with E-state index in [0.717, 1.165) is 22.3 Å². The number of nitrogens with one attached hydrogen (secondary N) is 2. The summed E-state index contributed by atoms with van der Waals surface area (Å²) in [5, 5.41) is 11.6. The first-order valence-corrected chi connectivity index (χ1v) is 10.2. The number of carboxylic acids is 1. The zero-order valence-electron chi connectivity index (χ0n) is 17.1. The Kier molecular flexibility index (Phi) is 5.65. The Bertz CT molecular complexity index is 971. The van der Waals surface area contributed by atoms with Crippen LogP contribution in [0, 0.1) is 0 Å². The standard InChI is InChI=1S/C23H24N2O6/c1-14(21(27)28)31-25-20(26)12-23(10-11-23)24-22(29)30-13-19-17-8-4-2-6-15(17)16-7-3-5-9-18(16)19/h2-9,14,19H,10-13H2,1H3,(H,24,29)(H,25,26)(H,27,28). The van der Waals surface area contributed by atoms with E-state index in [9.17, 15) is 14.4 Å². The molecule has 0 spiro atoms. The molecule has 2 aliphatic carbocycles. The van der Waals surface area contributed by atoms with E-state index >= 15 is 0 Å². The van der Waals surface area contributed by atoms with Crippen LogP contribution in [-0.2, 0) is 19.2 Å². The fraction of sp³-hybridized carbons (Fsp3) is 0.348. The topological polar surface area (TPSA) is 114 Å². The molecule has 2 amide bonds. The number of benzene rings is 2. The van der Waals surface area contributed by atoms with Crippen molar-refractivity contribution >= 4 is 18.0 Å². The quantitative estimate of drug-likeness (QED) is 0.562. The first-order valence-electron chi connectivity index (χ1n) is 10.2. The number of ether oxygens (including phenoxy) is 1. The van der Waals surface area contributed by atoms with Crippen molar-refractivity contribution in [3.8, 4) is 11.1 Å². The van der Waals surface area contributed by atoms with Gasteiger partial charge in [0.25, 0.3) is 0 Å². The number of aliphatic carboxylic acids is 1. The van der Waals surface area contributed by atoms with Crippen LogP contribution >= 0.6 is 0 Å². The lowest BCUT2D eigenvalue weighted by atomic mass is 9.98. The zero-order valence-corrected chi connectivity index (χ0v) is 17.1. The third-order valence-corrected chi connectivity index (χ3v) is 5.76. The molecule has 8 nitrogen and oxygen atoms in total. The third kappa shape index (κ3) is 4.54. The number of carboxylic acid groups (broad SMARTS) is 1. The van der Waals surface area contributed by atoms with Crippen LogP contribution in [0.15, 0.2) is 48.5 Å². The Labute approximate surface area is 179 Å². The number of rotatable bonds is 8. The SMILES string of the molecule is CC(ONC(=O)CC1(NC(=O)OCC2c3ccccc3-c3ccccc32)CC1)C(=O)O. The van der Waals surface area contributed by atoms with Gasteiger partial charge in [0.15, 0.2) is 6.10 Å². The number of hydroxylamine groups is 1. The van der Waals surface area contributed by atoms with Crippen molar-refractivity contribution < 1.29 is 29.1 Å². The molecule has 4 rings (SSSR count). The van der Waals surface area contributed by atoms with Gasteiger partial charge in [0.2, 0.25) is 5.91 Å². The van der Waals surface area contributed by atoms with Crippen molar-refractivity contribution in [2.24, 2.45) is 0 Å². The van der Waals surface area contributed by atoms with E-state index < -0.39 is 29.6 Å². The minimum Gasteiger partial charge on any atom is -0.479 e. The lowest BCUT2D eigenvalue weighted by Crippen LogP contribution is -2.42. The van der Waals surface area contributed by atoms with Gasteiger partial charge in [0.1, 0.15) is 6.61 Å². The normalized spacial score (nSPS) is 16.5. The molecule has 0 radical (unpaired) electrons. The van der Waals surface area contributed by atoms with Gasteiger partial charge in [-0.15, -0.1) is 0 Å². The van der Waals surface area contributed by atoms with E-state index in [2.05, 4.69) is 22.9 Å². The molecule has 1 fully saturated rings. The van der Waals surface area contributed by atoms with Gasteiger partial charge in [0.05, 0.1) is 12.0 Å². The first kappa shape index (κ1) is 20.9. The van der Waals surface area contributed by atoms with Crippen LogP contribution < -0.4 is 10.8 Å². The fourth-order valence-corrected chi connectivity index (χ4v) is 3.90. The molecule has 8 heteroatoms. The van der Waals surface area contributed by atoms with Gasteiger partial charge in [0, 0.05) is 5.92 Å². The number of carbonyl (C=O) groups excluding carboxylic acids is 2. The van der Waals surface area contributed by atoms with E-state index in [1.807, 2.05) is 36.4 Å². The summed E-state index contributed by atoms with van der Waals surface area (Å²) >= 11 is 0. The highest BCUT2D eigenvalue weighted by molar-refractivity contribution is 5.80. The molecule has 0 aliphatic heterocycles. The monoisotopic (exact) mass is 424 g/mol. The van der Waals surface area contributed by atoms with Gasteiger partial charge in [-0.05, 0) is 42.0 Å². The van der Waals surface area contributed by atoms with Crippen LogP contribution in [0.4, 0.5) is 4.79 Å². The highest BCUT2D eigenvalue weighted by Crippen LogP contribution is 2.44. The minimum absolute atomic E-state index is 0.0104. The van der Waals surface area contributed by atoms with E-state index in [1.165, 1.54) is 6.92 Å². The summed E-state index contributed by atoms with van der Waals surface area (Å²) in [6.45, 7) is 1.51. The molecule has 3 N–H and O–H groups in total. The maximum absolute atomic E-state index is 12.4. The van der Waals surface area contributed by atoms with Gasteiger partial charge in [-0.25, -0.2) is 15.1 Å². The number of fused-ring (bicyclic) bond motifs is 3. The number of hydrogen-bond donors (Lipinski definition) is 3. The molecule has 0 bridgehead atoms. The highest BCUT2D eigenvalue weighted by Gasteiger charge is 2.46. The molecule has 0 saturated heterocycles. The summed E-state index contributed by atoms with van der Waals surface area (Å²) in [5.41, 5.74) is 6.00. The van der Waals surface area contributed by atoms with Gasteiger partial charge in [-0.1, -0.05) is 48.5 Å². The van der Waals surface area contributed by atoms with Gasteiger partial charge < -0.3 is 15.2 Å². The van der Waals surface area contributed by atoms with Crippen LogP contribution in [0.1, 0.15) is 43.2 Å². The van der Waals surface area contributed by atoms with Crippen molar-refractivity contribution in [1.82, 2.24) is 10.8 Å². The number of carbonyl (C=O) groups is 3. The van der Waals surface area contributed by atoms with Gasteiger partial charge >= 0.3 is 12.1 Å². The molecule has 1 atom stereocenters. The predicted octanol–water partition coefficient (Wildman–Crippen LogP) is 2.97. The van der Waals surface area contributed by atoms with Gasteiger partial charge in [-0.2, -0.15) is 0 Å². The van der Waals surface area contributed by atoms with Crippen molar-refractivity contribution in [2.75, 3.05) is 6.61 Å². The van der Waals surface area contributed by atoms with Crippen LogP contribution in [-0.4, -0.2) is 41.3 Å². The van der Waals surface area contributed by atoms with E-state index in [0.29, 0.717) is 12.8 Å². The second-order valence-corrected chi connectivity index (χ2v) is 8.03. The molecule has 1 unspecified atom stereocenters. The lowest BCUT2D eigenvalue weighted by Gasteiger charge is -2.19. The molecule has 0 aromatic heterocycles. The van der Waals surface area contributed by atoms with Crippen LogP contribution in [0.25, 0.3) is 11.1 Å².